The molecule has 0 spiro atoms. The van der Waals surface area contributed by atoms with E-state index in [2.05, 4.69) is 27.4 Å². The number of aromatic nitrogens is 4. The topological polar surface area (TPSA) is 81.9 Å². The lowest BCUT2D eigenvalue weighted by Gasteiger charge is -2.13. The summed E-state index contributed by atoms with van der Waals surface area (Å²) in [6.07, 6.45) is 4.30. The molecule has 0 saturated carbocycles. The standard InChI is InChI=1S/C26H27N5O2S/c1-4-19-8-6-7-18(3)24(19)28-23(32)17-34-26-30-29-25(20-13-15-27-16-14-20)31(26)21-9-11-22(12-10-21)33-5-2/h6-16H,4-5,17H2,1-3H3,(H,28,32). The zero-order valence-corrected chi connectivity index (χ0v) is 20.3. The highest BCUT2D eigenvalue weighted by atomic mass is 32.2. The zero-order chi connectivity index (χ0) is 23.9. The lowest BCUT2D eigenvalue weighted by molar-refractivity contribution is -0.113. The van der Waals surface area contributed by atoms with Crippen LogP contribution in [0, 0.1) is 6.92 Å². The molecule has 0 saturated heterocycles. The van der Waals surface area contributed by atoms with Gasteiger partial charge in [-0.1, -0.05) is 36.9 Å². The Balaban J connectivity index is 1.59. The highest BCUT2D eigenvalue weighted by Gasteiger charge is 2.18. The van der Waals surface area contributed by atoms with Gasteiger partial charge in [-0.3, -0.25) is 14.3 Å². The third-order valence-electron chi connectivity index (χ3n) is 5.31. The monoisotopic (exact) mass is 473 g/mol. The minimum absolute atomic E-state index is 0.0827. The third kappa shape index (κ3) is 5.28. The van der Waals surface area contributed by atoms with Gasteiger partial charge in [0.2, 0.25) is 5.91 Å². The summed E-state index contributed by atoms with van der Waals surface area (Å²) in [6, 6.07) is 17.6. The Labute approximate surface area is 203 Å². The van der Waals surface area contributed by atoms with Crippen LogP contribution in [0.5, 0.6) is 5.75 Å². The average Bonchev–Trinajstić information content (AvgIpc) is 3.29. The lowest BCUT2D eigenvalue weighted by atomic mass is 10.1. The number of rotatable bonds is 9. The van der Waals surface area contributed by atoms with E-state index in [-0.39, 0.29) is 11.7 Å². The SMILES string of the molecule is CCOc1ccc(-n2c(SCC(=O)Nc3c(C)cccc3CC)nnc2-c2ccncc2)cc1. The number of ether oxygens (including phenoxy) is 1. The van der Waals surface area contributed by atoms with Crippen LogP contribution in [0.15, 0.2) is 72.1 Å². The van der Waals surface area contributed by atoms with E-state index in [0.29, 0.717) is 17.6 Å². The number of amides is 1. The summed E-state index contributed by atoms with van der Waals surface area (Å²) < 4.78 is 7.53. The summed E-state index contributed by atoms with van der Waals surface area (Å²) in [5, 5.41) is 12.5. The van der Waals surface area contributed by atoms with Gasteiger partial charge < -0.3 is 10.1 Å². The van der Waals surface area contributed by atoms with E-state index in [1.54, 1.807) is 12.4 Å². The number of para-hydroxylation sites is 1. The van der Waals surface area contributed by atoms with Gasteiger partial charge in [-0.25, -0.2) is 0 Å². The maximum absolute atomic E-state index is 12.8. The summed E-state index contributed by atoms with van der Waals surface area (Å²) in [4.78, 5) is 16.9. The molecule has 1 amide bonds. The van der Waals surface area contributed by atoms with Crippen LogP contribution in [0.2, 0.25) is 0 Å². The molecule has 4 rings (SSSR count). The van der Waals surface area contributed by atoms with Crippen LogP contribution < -0.4 is 10.1 Å². The first-order valence-electron chi connectivity index (χ1n) is 11.2. The number of benzene rings is 2. The molecular formula is C26H27N5O2S. The molecule has 0 aliphatic heterocycles. The van der Waals surface area contributed by atoms with E-state index in [1.165, 1.54) is 11.8 Å². The number of hydrogen-bond donors (Lipinski definition) is 1. The van der Waals surface area contributed by atoms with Crippen molar-refractivity contribution in [3.63, 3.8) is 0 Å². The average molecular weight is 474 g/mol. The molecule has 2 aromatic heterocycles. The minimum Gasteiger partial charge on any atom is -0.494 e. The van der Waals surface area contributed by atoms with Crippen molar-refractivity contribution in [2.75, 3.05) is 17.7 Å². The molecule has 4 aromatic rings. The van der Waals surface area contributed by atoms with Crippen molar-refractivity contribution in [2.45, 2.75) is 32.3 Å². The summed E-state index contributed by atoms with van der Waals surface area (Å²) in [5.41, 5.74) is 4.84. The molecule has 7 nitrogen and oxygen atoms in total. The Hall–Kier alpha value is -3.65. The number of nitrogens with zero attached hydrogens (tertiary/aromatic N) is 4. The van der Waals surface area contributed by atoms with E-state index < -0.39 is 0 Å². The summed E-state index contributed by atoms with van der Waals surface area (Å²) in [6.45, 7) is 6.64. The fourth-order valence-electron chi connectivity index (χ4n) is 3.65. The van der Waals surface area contributed by atoms with Crippen LogP contribution in [0.1, 0.15) is 25.0 Å². The van der Waals surface area contributed by atoms with Gasteiger partial charge in [0, 0.05) is 29.3 Å². The highest BCUT2D eigenvalue weighted by Crippen LogP contribution is 2.29. The number of anilines is 1. The Bertz CT molecular complexity index is 1260. The Kier molecular flexibility index (Phi) is 7.59. The molecule has 34 heavy (non-hydrogen) atoms. The van der Waals surface area contributed by atoms with Crippen LogP contribution in [-0.2, 0) is 11.2 Å². The lowest BCUT2D eigenvalue weighted by Crippen LogP contribution is -2.16. The van der Waals surface area contributed by atoms with Gasteiger partial charge >= 0.3 is 0 Å². The Morgan fingerprint density at radius 2 is 1.79 bits per heavy atom. The quantitative estimate of drug-likeness (QED) is 0.331. The van der Waals surface area contributed by atoms with E-state index in [1.807, 2.05) is 73.0 Å². The maximum atomic E-state index is 12.8. The van der Waals surface area contributed by atoms with Gasteiger partial charge in [0.25, 0.3) is 0 Å². The zero-order valence-electron chi connectivity index (χ0n) is 19.5. The molecule has 8 heteroatoms. The van der Waals surface area contributed by atoms with Crippen molar-refractivity contribution in [2.24, 2.45) is 0 Å². The second-order valence-corrected chi connectivity index (χ2v) is 8.55. The third-order valence-corrected chi connectivity index (χ3v) is 6.24. The van der Waals surface area contributed by atoms with E-state index in [4.69, 9.17) is 4.74 Å². The first kappa shape index (κ1) is 23.5. The second-order valence-electron chi connectivity index (χ2n) is 7.60. The van der Waals surface area contributed by atoms with Crippen molar-refractivity contribution in [1.29, 1.82) is 0 Å². The number of nitrogens with one attached hydrogen (secondary N) is 1. The summed E-state index contributed by atoms with van der Waals surface area (Å²) in [5.74, 6) is 1.61. The smallest absolute Gasteiger partial charge is 0.234 e. The second kappa shape index (κ2) is 11.0. The molecule has 0 unspecified atom stereocenters. The fourth-order valence-corrected chi connectivity index (χ4v) is 4.40. The van der Waals surface area contributed by atoms with Crippen LogP contribution in [0.4, 0.5) is 5.69 Å². The molecule has 2 aromatic carbocycles. The first-order valence-corrected chi connectivity index (χ1v) is 12.2. The molecule has 0 atom stereocenters. The Morgan fingerprint density at radius 3 is 2.50 bits per heavy atom. The van der Waals surface area contributed by atoms with E-state index >= 15 is 0 Å². The van der Waals surface area contributed by atoms with Gasteiger partial charge in [0.1, 0.15) is 5.75 Å². The van der Waals surface area contributed by atoms with Gasteiger partial charge in [-0.2, -0.15) is 0 Å². The van der Waals surface area contributed by atoms with Gasteiger partial charge in [0.05, 0.1) is 12.4 Å². The molecule has 0 radical (unpaired) electrons. The minimum atomic E-state index is -0.0827. The highest BCUT2D eigenvalue weighted by molar-refractivity contribution is 7.99. The van der Waals surface area contributed by atoms with Crippen molar-refractivity contribution in [1.82, 2.24) is 19.7 Å². The number of aryl methyl sites for hydroxylation is 2. The van der Waals surface area contributed by atoms with Crippen molar-refractivity contribution in [3.8, 4) is 22.8 Å². The van der Waals surface area contributed by atoms with Crippen molar-refractivity contribution >= 4 is 23.4 Å². The molecular weight excluding hydrogens is 446 g/mol. The number of carbonyl (C=O) groups is 1. The first-order chi connectivity index (χ1) is 16.6. The van der Waals surface area contributed by atoms with E-state index in [9.17, 15) is 4.79 Å². The van der Waals surface area contributed by atoms with Crippen LogP contribution in [0.25, 0.3) is 17.1 Å². The number of thioether (sulfide) groups is 1. The summed E-state index contributed by atoms with van der Waals surface area (Å²) >= 11 is 1.35. The largest absolute Gasteiger partial charge is 0.494 e. The molecule has 0 aliphatic carbocycles. The Morgan fingerprint density at radius 1 is 1.03 bits per heavy atom. The molecule has 0 fully saturated rings. The van der Waals surface area contributed by atoms with Gasteiger partial charge in [-0.05, 0) is 67.8 Å². The molecule has 2 heterocycles. The maximum Gasteiger partial charge on any atom is 0.234 e. The predicted molar refractivity (Wildman–Crippen MR) is 136 cm³/mol. The number of carbonyl (C=O) groups excluding carboxylic acids is 1. The van der Waals surface area contributed by atoms with Crippen LogP contribution >= 0.6 is 11.8 Å². The molecule has 1 N–H and O–H groups in total. The molecule has 0 bridgehead atoms. The van der Waals surface area contributed by atoms with Gasteiger partial charge in [-0.15, -0.1) is 10.2 Å². The molecule has 0 aliphatic rings. The fraction of sp³-hybridized carbons (Fsp3) is 0.231. The van der Waals surface area contributed by atoms with Crippen LogP contribution in [0.3, 0.4) is 0 Å². The van der Waals surface area contributed by atoms with E-state index in [0.717, 1.165) is 40.2 Å². The number of hydrogen-bond acceptors (Lipinski definition) is 6. The summed E-state index contributed by atoms with van der Waals surface area (Å²) in [7, 11) is 0. The predicted octanol–water partition coefficient (Wildman–Crippen LogP) is 5.33. The van der Waals surface area contributed by atoms with Gasteiger partial charge in [0.15, 0.2) is 11.0 Å². The van der Waals surface area contributed by atoms with Crippen LogP contribution in [-0.4, -0.2) is 38.0 Å². The number of pyridine rings is 1. The van der Waals surface area contributed by atoms with Crippen molar-refractivity contribution < 1.29 is 9.53 Å². The molecule has 174 valence electrons. The normalized spacial score (nSPS) is 10.8. The van der Waals surface area contributed by atoms with Crippen molar-refractivity contribution in [3.05, 3.63) is 78.1 Å².